The Kier molecular flexibility index (Phi) is 7.32. The van der Waals surface area contributed by atoms with Crippen molar-refractivity contribution in [3.8, 4) is 17.2 Å². The van der Waals surface area contributed by atoms with Gasteiger partial charge < -0.3 is 14.2 Å². The third-order valence-corrected chi connectivity index (χ3v) is 4.74. The summed E-state index contributed by atoms with van der Waals surface area (Å²) in [6.07, 6.45) is 3.25. The van der Waals surface area contributed by atoms with Gasteiger partial charge in [0.2, 0.25) is 0 Å². The van der Waals surface area contributed by atoms with Gasteiger partial charge in [-0.1, -0.05) is 20.8 Å². The summed E-state index contributed by atoms with van der Waals surface area (Å²) in [5, 5.41) is 0. The van der Waals surface area contributed by atoms with E-state index < -0.39 is 5.41 Å². The zero-order chi connectivity index (χ0) is 23.4. The van der Waals surface area contributed by atoms with Crippen molar-refractivity contribution in [3.63, 3.8) is 0 Å². The van der Waals surface area contributed by atoms with E-state index in [1.54, 1.807) is 65.3 Å². The van der Waals surface area contributed by atoms with Crippen molar-refractivity contribution in [2.24, 2.45) is 5.41 Å². The van der Waals surface area contributed by atoms with Crippen LogP contribution in [-0.2, 0) is 10.2 Å². The van der Waals surface area contributed by atoms with Crippen LogP contribution >= 0.6 is 0 Å². The van der Waals surface area contributed by atoms with E-state index in [9.17, 15) is 9.59 Å². The van der Waals surface area contributed by atoms with Gasteiger partial charge in [0.1, 0.15) is 17.2 Å². The lowest BCUT2D eigenvalue weighted by molar-refractivity contribution is -0.143. The number of carbonyl (C=O) groups excluding carboxylic acids is 2. The summed E-state index contributed by atoms with van der Waals surface area (Å²) < 4.78 is 16.3. The van der Waals surface area contributed by atoms with Gasteiger partial charge in [0.25, 0.3) is 0 Å². The number of esters is 1. The van der Waals surface area contributed by atoms with E-state index in [-0.39, 0.29) is 17.2 Å². The molecule has 0 fully saturated rings. The molecule has 0 bridgehead atoms. The molecule has 0 aliphatic heterocycles. The van der Waals surface area contributed by atoms with Gasteiger partial charge in [-0.2, -0.15) is 0 Å². The van der Waals surface area contributed by atoms with Crippen LogP contribution in [-0.4, -0.2) is 26.0 Å². The van der Waals surface area contributed by atoms with E-state index in [2.05, 4.69) is 20.8 Å². The maximum Gasteiger partial charge on any atom is 0.316 e. The standard InChI is InChI=1S/C26H32O5/c1-25(2,3)20-15-18(22(29-7)16-23(20)30-8)11-14-21(27)17-9-12-19(13-10-17)31-24(28)26(4,5)6/h9-16H,1-8H3/b14-11+. The minimum atomic E-state index is -0.597. The van der Waals surface area contributed by atoms with Gasteiger partial charge in [0.05, 0.1) is 19.6 Å². The normalized spacial score (nSPS) is 12.0. The average Bonchev–Trinajstić information content (AvgIpc) is 2.70. The second-order valence-electron chi connectivity index (χ2n) is 9.41. The molecule has 0 unspecified atom stereocenters. The molecule has 0 spiro atoms. The number of ether oxygens (including phenoxy) is 3. The number of hydrogen-bond donors (Lipinski definition) is 0. The Morgan fingerprint density at radius 3 is 1.90 bits per heavy atom. The fourth-order valence-electron chi connectivity index (χ4n) is 2.85. The summed E-state index contributed by atoms with van der Waals surface area (Å²) >= 11 is 0. The van der Waals surface area contributed by atoms with E-state index in [1.165, 1.54) is 6.08 Å². The van der Waals surface area contributed by atoms with Crippen LogP contribution in [0.15, 0.2) is 42.5 Å². The molecule has 2 aromatic carbocycles. The maximum absolute atomic E-state index is 12.7. The lowest BCUT2D eigenvalue weighted by Crippen LogP contribution is -2.25. The largest absolute Gasteiger partial charge is 0.496 e. The monoisotopic (exact) mass is 424 g/mol. The van der Waals surface area contributed by atoms with E-state index in [0.717, 1.165) is 16.9 Å². The summed E-state index contributed by atoms with van der Waals surface area (Å²) in [5.74, 6) is 1.29. The Bertz CT molecular complexity index is 971. The molecule has 0 aliphatic carbocycles. The fraction of sp³-hybridized carbons (Fsp3) is 0.385. The molecule has 5 nitrogen and oxygen atoms in total. The molecular formula is C26H32O5. The highest BCUT2D eigenvalue weighted by atomic mass is 16.5. The lowest BCUT2D eigenvalue weighted by atomic mass is 9.85. The predicted octanol–water partition coefficient (Wildman–Crippen LogP) is 5.85. The van der Waals surface area contributed by atoms with Crippen LogP contribution in [0.3, 0.4) is 0 Å². The zero-order valence-corrected chi connectivity index (χ0v) is 19.7. The molecule has 0 aliphatic rings. The molecule has 166 valence electrons. The number of rotatable bonds is 6. The van der Waals surface area contributed by atoms with Gasteiger partial charge in [-0.15, -0.1) is 0 Å². The quantitative estimate of drug-likeness (QED) is 0.252. The van der Waals surface area contributed by atoms with E-state index in [0.29, 0.717) is 17.1 Å². The van der Waals surface area contributed by atoms with Gasteiger partial charge in [-0.25, -0.2) is 0 Å². The summed E-state index contributed by atoms with van der Waals surface area (Å²) in [5.41, 5.74) is 1.58. The molecule has 0 radical (unpaired) electrons. The average molecular weight is 425 g/mol. The van der Waals surface area contributed by atoms with Gasteiger partial charge in [0, 0.05) is 22.8 Å². The van der Waals surface area contributed by atoms with Crippen LogP contribution in [0.2, 0.25) is 0 Å². The number of carbonyl (C=O) groups is 2. The van der Waals surface area contributed by atoms with Crippen molar-refractivity contribution in [2.75, 3.05) is 14.2 Å². The van der Waals surface area contributed by atoms with Crippen LogP contribution in [0.4, 0.5) is 0 Å². The first-order valence-electron chi connectivity index (χ1n) is 10.2. The van der Waals surface area contributed by atoms with Crippen LogP contribution in [0, 0.1) is 5.41 Å². The molecule has 31 heavy (non-hydrogen) atoms. The topological polar surface area (TPSA) is 61.8 Å². The van der Waals surface area contributed by atoms with Gasteiger partial charge >= 0.3 is 5.97 Å². The molecule has 0 heterocycles. The van der Waals surface area contributed by atoms with E-state index in [4.69, 9.17) is 14.2 Å². The summed E-state index contributed by atoms with van der Waals surface area (Å²) in [6, 6.07) is 10.3. The van der Waals surface area contributed by atoms with Gasteiger partial charge in [-0.3, -0.25) is 9.59 Å². The van der Waals surface area contributed by atoms with Gasteiger partial charge in [-0.05, 0) is 68.7 Å². The van der Waals surface area contributed by atoms with Crippen molar-refractivity contribution in [1.82, 2.24) is 0 Å². The third kappa shape index (κ3) is 6.20. The number of benzene rings is 2. The number of methoxy groups -OCH3 is 2. The Balaban J connectivity index is 2.25. The second-order valence-corrected chi connectivity index (χ2v) is 9.41. The van der Waals surface area contributed by atoms with Crippen LogP contribution in [0.1, 0.15) is 63.0 Å². The van der Waals surface area contributed by atoms with Gasteiger partial charge in [0.15, 0.2) is 5.78 Å². The van der Waals surface area contributed by atoms with Crippen molar-refractivity contribution >= 4 is 17.8 Å². The van der Waals surface area contributed by atoms with E-state index in [1.807, 2.05) is 12.1 Å². The van der Waals surface area contributed by atoms with E-state index >= 15 is 0 Å². The van der Waals surface area contributed by atoms with Crippen molar-refractivity contribution < 1.29 is 23.8 Å². The summed E-state index contributed by atoms with van der Waals surface area (Å²) in [4.78, 5) is 24.7. The Labute approximate surface area is 185 Å². The smallest absolute Gasteiger partial charge is 0.316 e. The van der Waals surface area contributed by atoms with Crippen molar-refractivity contribution in [1.29, 1.82) is 0 Å². The molecule has 0 amide bonds. The Hall–Kier alpha value is -3.08. The summed E-state index contributed by atoms with van der Waals surface area (Å²) in [7, 11) is 3.22. The first-order chi connectivity index (χ1) is 14.4. The molecule has 2 aromatic rings. The number of allylic oxidation sites excluding steroid dienone is 1. The molecule has 2 rings (SSSR count). The van der Waals surface area contributed by atoms with Crippen LogP contribution in [0.5, 0.6) is 17.2 Å². The lowest BCUT2D eigenvalue weighted by Gasteiger charge is -2.23. The molecule has 0 saturated heterocycles. The first kappa shape index (κ1) is 24.2. The molecular weight excluding hydrogens is 392 g/mol. The Morgan fingerprint density at radius 2 is 1.42 bits per heavy atom. The predicted molar refractivity (Wildman–Crippen MR) is 123 cm³/mol. The highest BCUT2D eigenvalue weighted by Gasteiger charge is 2.24. The number of hydrogen-bond acceptors (Lipinski definition) is 5. The van der Waals surface area contributed by atoms with Crippen LogP contribution < -0.4 is 14.2 Å². The zero-order valence-electron chi connectivity index (χ0n) is 19.7. The highest BCUT2D eigenvalue weighted by Crippen LogP contribution is 2.37. The third-order valence-electron chi connectivity index (χ3n) is 4.74. The maximum atomic E-state index is 12.7. The molecule has 0 N–H and O–H groups in total. The Morgan fingerprint density at radius 1 is 0.839 bits per heavy atom. The van der Waals surface area contributed by atoms with Crippen molar-refractivity contribution in [2.45, 2.75) is 47.0 Å². The summed E-state index contributed by atoms with van der Waals surface area (Å²) in [6.45, 7) is 11.7. The molecule has 0 atom stereocenters. The van der Waals surface area contributed by atoms with Crippen molar-refractivity contribution in [3.05, 3.63) is 59.2 Å². The number of ketones is 1. The highest BCUT2D eigenvalue weighted by molar-refractivity contribution is 6.07. The minimum Gasteiger partial charge on any atom is -0.496 e. The first-order valence-corrected chi connectivity index (χ1v) is 10.2. The fourth-order valence-corrected chi connectivity index (χ4v) is 2.85. The SMILES string of the molecule is COc1cc(OC)c(C(C)(C)C)cc1/C=C/C(=O)c1ccc(OC(=O)C(C)(C)C)cc1. The second kappa shape index (κ2) is 9.38. The molecule has 0 aromatic heterocycles. The molecule has 0 saturated carbocycles. The minimum absolute atomic E-state index is 0.134. The molecule has 5 heteroatoms. The van der Waals surface area contributed by atoms with Crippen LogP contribution in [0.25, 0.3) is 6.08 Å².